The highest BCUT2D eigenvalue weighted by Gasteiger charge is 2.30. The number of piperazine rings is 1. The van der Waals surface area contributed by atoms with Gasteiger partial charge in [0.05, 0.1) is 11.8 Å². The topological polar surface area (TPSA) is 64.4 Å². The summed E-state index contributed by atoms with van der Waals surface area (Å²) in [5.74, 6) is 0.129. The molecule has 0 N–H and O–H groups in total. The van der Waals surface area contributed by atoms with E-state index in [1.807, 2.05) is 47.8 Å². The van der Waals surface area contributed by atoms with Gasteiger partial charge in [-0.2, -0.15) is 9.57 Å². The SMILES string of the molecule is N#CC(c1cccs1)N1CCN(S(=O)(=O)CCc2ccccc2)CC1. The molecule has 1 atom stereocenters. The smallest absolute Gasteiger partial charge is 0.214 e. The van der Waals surface area contributed by atoms with Gasteiger partial charge in [0.1, 0.15) is 6.04 Å². The first kappa shape index (κ1) is 18.1. The van der Waals surface area contributed by atoms with Crippen LogP contribution < -0.4 is 0 Å². The Morgan fingerprint density at radius 3 is 2.40 bits per heavy atom. The normalized spacial score (nSPS) is 17.9. The van der Waals surface area contributed by atoms with Gasteiger partial charge >= 0.3 is 0 Å². The molecule has 1 aromatic heterocycles. The summed E-state index contributed by atoms with van der Waals surface area (Å²) in [6.07, 6.45) is 0.527. The van der Waals surface area contributed by atoms with E-state index in [4.69, 9.17) is 0 Å². The van der Waals surface area contributed by atoms with Crippen molar-refractivity contribution in [3.63, 3.8) is 0 Å². The highest BCUT2D eigenvalue weighted by molar-refractivity contribution is 7.89. The van der Waals surface area contributed by atoms with E-state index in [0.29, 0.717) is 32.6 Å². The van der Waals surface area contributed by atoms with E-state index in [0.717, 1.165) is 10.4 Å². The summed E-state index contributed by atoms with van der Waals surface area (Å²) in [5.41, 5.74) is 1.03. The van der Waals surface area contributed by atoms with Gasteiger partial charge in [-0.15, -0.1) is 11.3 Å². The first-order valence-electron chi connectivity index (χ1n) is 8.29. The molecule has 5 nitrogen and oxygen atoms in total. The van der Waals surface area contributed by atoms with Gasteiger partial charge in [-0.1, -0.05) is 36.4 Å². The molecule has 0 amide bonds. The van der Waals surface area contributed by atoms with E-state index < -0.39 is 10.0 Å². The second-order valence-corrected chi connectivity index (χ2v) is 9.10. The first-order chi connectivity index (χ1) is 12.1. The number of hydrogen-bond acceptors (Lipinski definition) is 5. The summed E-state index contributed by atoms with van der Waals surface area (Å²) in [4.78, 5) is 3.08. The molecule has 1 aromatic carbocycles. The fraction of sp³-hybridized carbons (Fsp3) is 0.389. The van der Waals surface area contributed by atoms with Crippen molar-refractivity contribution in [2.75, 3.05) is 31.9 Å². The third-order valence-electron chi connectivity index (χ3n) is 4.46. The Hall–Kier alpha value is -1.72. The van der Waals surface area contributed by atoms with Crippen molar-refractivity contribution in [1.82, 2.24) is 9.21 Å². The zero-order valence-electron chi connectivity index (χ0n) is 13.9. The van der Waals surface area contributed by atoms with Crippen molar-refractivity contribution in [2.45, 2.75) is 12.5 Å². The van der Waals surface area contributed by atoms with Crippen molar-refractivity contribution >= 4 is 21.4 Å². The number of sulfonamides is 1. The molecule has 0 bridgehead atoms. The summed E-state index contributed by atoms with van der Waals surface area (Å²) < 4.78 is 26.7. The van der Waals surface area contributed by atoms with Crippen LogP contribution in [0.2, 0.25) is 0 Å². The summed E-state index contributed by atoms with van der Waals surface area (Å²) in [6.45, 7) is 2.06. The molecule has 1 saturated heterocycles. The highest BCUT2D eigenvalue weighted by atomic mass is 32.2. The lowest BCUT2D eigenvalue weighted by molar-refractivity contribution is 0.164. The zero-order chi connectivity index (χ0) is 17.7. The number of nitriles is 1. The number of nitrogens with zero attached hydrogens (tertiary/aromatic N) is 3. The minimum absolute atomic E-state index is 0.129. The Morgan fingerprint density at radius 1 is 1.08 bits per heavy atom. The second-order valence-electron chi connectivity index (χ2n) is 6.03. The van der Waals surface area contributed by atoms with Gasteiger partial charge in [0.25, 0.3) is 0 Å². The number of aryl methyl sites for hydroxylation is 1. The van der Waals surface area contributed by atoms with E-state index in [1.54, 1.807) is 15.6 Å². The zero-order valence-corrected chi connectivity index (χ0v) is 15.5. The number of rotatable bonds is 6. The highest BCUT2D eigenvalue weighted by Crippen LogP contribution is 2.26. The van der Waals surface area contributed by atoms with Crippen molar-refractivity contribution < 1.29 is 8.42 Å². The predicted octanol–water partition coefficient (Wildman–Crippen LogP) is 2.50. The average molecular weight is 376 g/mol. The Morgan fingerprint density at radius 2 is 1.80 bits per heavy atom. The van der Waals surface area contributed by atoms with Gasteiger partial charge in [0.2, 0.25) is 10.0 Å². The van der Waals surface area contributed by atoms with Crippen LogP contribution >= 0.6 is 11.3 Å². The molecule has 1 aliphatic heterocycles. The predicted molar refractivity (Wildman–Crippen MR) is 99.8 cm³/mol. The molecule has 2 heterocycles. The van der Waals surface area contributed by atoms with Gasteiger partial charge in [-0.25, -0.2) is 8.42 Å². The fourth-order valence-electron chi connectivity index (χ4n) is 3.03. The fourth-order valence-corrected chi connectivity index (χ4v) is 5.31. The summed E-state index contributed by atoms with van der Waals surface area (Å²) in [6, 6.07) is 15.6. The molecule has 7 heteroatoms. The van der Waals surface area contributed by atoms with Crippen LogP contribution in [-0.4, -0.2) is 49.6 Å². The van der Waals surface area contributed by atoms with Crippen molar-refractivity contribution in [3.8, 4) is 6.07 Å². The molecule has 0 aliphatic carbocycles. The van der Waals surface area contributed by atoms with Gasteiger partial charge in [-0.05, 0) is 23.4 Å². The third kappa shape index (κ3) is 4.47. The van der Waals surface area contributed by atoms with Gasteiger partial charge < -0.3 is 0 Å². The Kier molecular flexibility index (Phi) is 5.86. The number of benzene rings is 1. The standard InChI is InChI=1S/C18H21N3O2S2/c19-15-17(18-7-4-13-24-18)20-9-11-21(12-10-20)25(22,23)14-8-16-5-2-1-3-6-16/h1-7,13,17H,8-12,14H2. The molecule has 0 radical (unpaired) electrons. The van der Waals surface area contributed by atoms with Crippen LogP contribution in [0.25, 0.3) is 0 Å². The van der Waals surface area contributed by atoms with Crippen molar-refractivity contribution in [3.05, 3.63) is 58.3 Å². The van der Waals surface area contributed by atoms with E-state index in [9.17, 15) is 13.7 Å². The largest absolute Gasteiger partial charge is 0.281 e. The maximum atomic E-state index is 12.6. The quantitative estimate of drug-likeness (QED) is 0.778. The Balaban J connectivity index is 1.57. The lowest BCUT2D eigenvalue weighted by Gasteiger charge is -2.35. The maximum absolute atomic E-state index is 12.6. The van der Waals surface area contributed by atoms with Crippen molar-refractivity contribution in [2.24, 2.45) is 0 Å². The van der Waals surface area contributed by atoms with Crippen LogP contribution in [-0.2, 0) is 16.4 Å². The lowest BCUT2D eigenvalue weighted by atomic mass is 10.2. The molecular weight excluding hydrogens is 354 g/mol. The van der Waals surface area contributed by atoms with E-state index in [2.05, 4.69) is 11.0 Å². The second kappa shape index (κ2) is 8.11. The monoisotopic (exact) mass is 375 g/mol. The van der Waals surface area contributed by atoms with E-state index in [1.165, 1.54) is 0 Å². The van der Waals surface area contributed by atoms with Crippen LogP contribution in [0.5, 0.6) is 0 Å². The minimum Gasteiger partial charge on any atom is -0.281 e. The molecule has 1 unspecified atom stereocenters. The molecule has 132 valence electrons. The van der Waals surface area contributed by atoms with Gasteiger partial charge in [-0.3, -0.25) is 4.90 Å². The van der Waals surface area contributed by atoms with Crippen molar-refractivity contribution in [1.29, 1.82) is 5.26 Å². The molecule has 0 spiro atoms. The van der Waals surface area contributed by atoms with Crippen LogP contribution in [0.1, 0.15) is 16.5 Å². The first-order valence-corrected chi connectivity index (χ1v) is 10.8. The van der Waals surface area contributed by atoms with Crippen LogP contribution in [0.4, 0.5) is 0 Å². The average Bonchev–Trinajstić information content (AvgIpc) is 3.16. The lowest BCUT2D eigenvalue weighted by Crippen LogP contribution is -2.50. The molecule has 3 rings (SSSR count). The van der Waals surface area contributed by atoms with E-state index in [-0.39, 0.29) is 11.8 Å². The van der Waals surface area contributed by atoms with Gasteiger partial charge in [0.15, 0.2) is 0 Å². The third-order valence-corrected chi connectivity index (χ3v) is 7.25. The summed E-state index contributed by atoms with van der Waals surface area (Å²) in [5, 5.41) is 11.4. The van der Waals surface area contributed by atoms with Gasteiger partial charge in [0, 0.05) is 31.1 Å². The van der Waals surface area contributed by atoms with Crippen LogP contribution in [0.15, 0.2) is 47.8 Å². The van der Waals surface area contributed by atoms with Crippen LogP contribution in [0.3, 0.4) is 0 Å². The Bertz CT molecular complexity index is 806. The number of hydrogen-bond donors (Lipinski definition) is 0. The summed E-state index contributed by atoms with van der Waals surface area (Å²) >= 11 is 1.57. The summed E-state index contributed by atoms with van der Waals surface area (Å²) in [7, 11) is -3.26. The van der Waals surface area contributed by atoms with E-state index >= 15 is 0 Å². The maximum Gasteiger partial charge on any atom is 0.214 e. The minimum atomic E-state index is -3.26. The van der Waals surface area contributed by atoms with Crippen LogP contribution in [0, 0.1) is 11.3 Å². The molecule has 1 fully saturated rings. The molecule has 0 saturated carbocycles. The molecule has 2 aromatic rings. The Labute approximate surface area is 153 Å². The molecular formula is C18H21N3O2S2. The molecule has 1 aliphatic rings. The molecule has 25 heavy (non-hydrogen) atoms. The number of thiophene rings is 1.